The second-order valence-corrected chi connectivity index (χ2v) is 8.83. The van der Waals surface area contributed by atoms with Crippen LogP contribution < -0.4 is 14.4 Å². The van der Waals surface area contributed by atoms with Crippen LogP contribution in [0.25, 0.3) is 0 Å². The Morgan fingerprint density at radius 2 is 1.93 bits per heavy atom. The molecule has 28 heavy (non-hydrogen) atoms. The first kappa shape index (κ1) is 22.3. The molecule has 0 saturated heterocycles. The van der Waals surface area contributed by atoms with E-state index in [0.717, 1.165) is 16.1 Å². The Morgan fingerprint density at radius 1 is 1.21 bits per heavy atom. The molecule has 0 aromatic heterocycles. The van der Waals surface area contributed by atoms with Crippen molar-refractivity contribution in [1.82, 2.24) is 5.32 Å². The van der Waals surface area contributed by atoms with Crippen LogP contribution in [0.2, 0.25) is 10.0 Å². The number of ether oxygens (including phenoxy) is 1. The Labute approximate surface area is 175 Å². The molecule has 0 aliphatic carbocycles. The van der Waals surface area contributed by atoms with Gasteiger partial charge in [-0.25, -0.2) is 8.42 Å². The van der Waals surface area contributed by atoms with Gasteiger partial charge in [-0.1, -0.05) is 35.3 Å². The fourth-order valence-corrected chi connectivity index (χ4v) is 4.29. The summed E-state index contributed by atoms with van der Waals surface area (Å²) in [7, 11) is -3.79. The summed E-state index contributed by atoms with van der Waals surface area (Å²) in [5.41, 5.74) is 0.982. The molecule has 0 unspecified atom stereocenters. The lowest BCUT2D eigenvalue weighted by atomic mass is 10.2. The average molecular weight is 445 g/mol. The highest BCUT2D eigenvalue weighted by Gasteiger charge is 2.30. The van der Waals surface area contributed by atoms with Crippen LogP contribution in [0.1, 0.15) is 19.4 Å². The molecule has 0 spiro atoms. The van der Waals surface area contributed by atoms with Crippen LogP contribution in [0.15, 0.2) is 42.5 Å². The molecule has 1 atom stereocenters. The Morgan fingerprint density at radius 3 is 2.57 bits per heavy atom. The summed E-state index contributed by atoms with van der Waals surface area (Å²) in [5, 5.41) is 3.24. The van der Waals surface area contributed by atoms with E-state index in [1.807, 2.05) is 31.2 Å². The Bertz CT molecular complexity index is 951. The van der Waals surface area contributed by atoms with Crippen LogP contribution in [-0.4, -0.2) is 33.2 Å². The monoisotopic (exact) mass is 444 g/mol. The van der Waals surface area contributed by atoms with Gasteiger partial charge in [-0.15, -0.1) is 0 Å². The van der Waals surface area contributed by atoms with Crippen molar-refractivity contribution in [3.8, 4) is 5.75 Å². The second-order valence-electron chi connectivity index (χ2n) is 6.13. The third-order valence-corrected chi connectivity index (χ3v) is 5.69. The van der Waals surface area contributed by atoms with Crippen molar-refractivity contribution in [3.63, 3.8) is 0 Å². The van der Waals surface area contributed by atoms with Crippen LogP contribution in [-0.2, 0) is 21.4 Å². The molecule has 1 amide bonds. The highest BCUT2D eigenvalue weighted by molar-refractivity contribution is 7.92. The molecule has 6 nitrogen and oxygen atoms in total. The maximum absolute atomic E-state index is 12.7. The number of anilines is 1. The molecule has 0 aliphatic rings. The zero-order valence-corrected chi connectivity index (χ0v) is 18.1. The number of sulfonamides is 1. The van der Waals surface area contributed by atoms with Crippen molar-refractivity contribution in [2.45, 2.75) is 26.4 Å². The molecule has 1 N–H and O–H groups in total. The number of nitrogens with one attached hydrogen (secondary N) is 1. The van der Waals surface area contributed by atoms with Crippen molar-refractivity contribution in [3.05, 3.63) is 58.1 Å². The number of rotatable bonds is 8. The normalized spacial score (nSPS) is 12.3. The lowest BCUT2D eigenvalue weighted by molar-refractivity contribution is -0.122. The van der Waals surface area contributed by atoms with E-state index >= 15 is 0 Å². The van der Waals surface area contributed by atoms with Crippen molar-refractivity contribution >= 4 is 44.8 Å². The van der Waals surface area contributed by atoms with E-state index in [0.29, 0.717) is 17.4 Å². The van der Waals surface area contributed by atoms with Gasteiger partial charge in [-0.05, 0) is 49.7 Å². The Balaban J connectivity index is 2.20. The van der Waals surface area contributed by atoms with E-state index in [1.54, 1.807) is 6.07 Å². The minimum atomic E-state index is -3.79. The maximum atomic E-state index is 12.7. The number of nitrogens with zero attached hydrogens (tertiary/aromatic N) is 1. The van der Waals surface area contributed by atoms with Gasteiger partial charge in [0.25, 0.3) is 0 Å². The summed E-state index contributed by atoms with van der Waals surface area (Å²) >= 11 is 12.1. The first-order chi connectivity index (χ1) is 13.1. The molecule has 0 saturated carbocycles. The summed E-state index contributed by atoms with van der Waals surface area (Å²) < 4.78 is 31.1. The Hall–Kier alpha value is -1.96. The molecule has 2 aromatic carbocycles. The first-order valence-electron chi connectivity index (χ1n) is 8.57. The molecule has 0 heterocycles. The number of carbonyl (C=O) groups excluding carboxylic acids is 1. The molecular formula is C19H22Cl2N2O4S. The molecule has 0 fully saturated rings. The largest absolute Gasteiger partial charge is 0.494 e. The van der Waals surface area contributed by atoms with Crippen LogP contribution in [0.5, 0.6) is 5.75 Å². The summed E-state index contributed by atoms with van der Waals surface area (Å²) in [6, 6.07) is 10.7. The molecule has 2 aromatic rings. The molecule has 9 heteroatoms. The van der Waals surface area contributed by atoms with Gasteiger partial charge in [0.1, 0.15) is 11.8 Å². The summed E-state index contributed by atoms with van der Waals surface area (Å²) in [5.74, 6) is 0.231. The lowest BCUT2D eigenvalue weighted by Crippen LogP contribution is -2.47. The van der Waals surface area contributed by atoms with E-state index in [9.17, 15) is 13.2 Å². The molecule has 0 bridgehead atoms. The van der Waals surface area contributed by atoms with Gasteiger partial charge in [-0.3, -0.25) is 9.10 Å². The summed E-state index contributed by atoms with van der Waals surface area (Å²) in [6.07, 6.45) is 1.01. The van der Waals surface area contributed by atoms with Crippen LogP contribution in [0.3, 0.4) is 0 Å². The standard InChI is InChI=1S/C19H22Cl2N2O4S/c1-4-27-16-7-5-6-14(10-16)12-22-19(24)13(2)23(28(3,25)26)18-11-15(20)8-9-17(18)21/h5-11,13H,4,12H2,1-3H3,(H,22,24)/t13-/m0/s1. The third-order valence-electron chi connectivity index (χ3n) is 3.91. The van der Waals surface area contributed by atoms with Gasteiger partial charge in [0.05, 0.1) is 23.6 Å². The highest BCUT2D eigenvalue weighted by Crippen LogP contribution is 2.32. The average Bonchev–Trinajstić information content (AvgIpc) is 2.62. The smallest absolute Gasteiger partial charge is 0.243 e. The number of hydrogen-bond donors (Lipinski definition) is 1. The van der Waals surface area contributed by atoms with Gasteiger partial charge in [0.2, 0.25) is 15.9 Å². The van der Waals surface area contributed by atoms with Crippen molar-refractivity contribution < 1.29 is 17.9 Å². The first-order valence-corrected chi connectivity index (χ1v) is 11.2. The zero-order chi connectivity index (χ0) is 20.9. The molecular weight excluding hydrogens is 423 g/mol. The van der Waals surface area contributed by atoms with Gasteiger partial charge >= 0.3 is 0 Å². The van der Waals surface area contributed by atoms with Gasteiger partial charge in [-0.2, -0.15) is 0 Å². The predicted molar refractivity (Wildman–Crippen MR) is 113 cm³/mol. The number of amides is 1. The lowest BCUT2D eigenvalue weighted by Gasteiger charge is -2.29. The highest BCUT2D eigenvalue weighted by atomic mass is 35.5. The SMILES string of the molecule is CCOc1cccc(CNC(=O)[C@H](C)N(c2cc(Cl)ccc2Cl)S(C)(=O)=O)c1. The van der Waals surface area contributed by atoms with Crippen LogP contribution >= 0.6 is 23.2 Å². The Kier molecular flexibility index (Phi) is 7.57. The van der Waals surface area contributed by atoms with E-state index in [-0.39, 0.29) is 17.3 Å². The topological polar surface area (TPSA) is 75.7 Å². The van der Waals surface area contributed by atoms with Crippen LogP contribution in [0.4, 0.5) is 5.69 Å². The van der Waals surface area contributed by atoms with E-state index in [2.05, 4.69) is 5.32 Å². The summed E-state index contributed by atoms with van der Waals surface area (Å²) in [4.78, 5) is 12.7. The number of hydrogen-bond acceptors (Lipinski definition) is 4. The molecule has 0 aliphatic heterocycles. The van der Waals surface area contributed by atoms with E-state index in [1.165, 1.54) is 19.1 Å². The van der Waals surface area contributed by atoms with Crippen molar-refractivity contribution in [2.24, 2.45) is 0 Å². The molecule has 2 rings (SSSR count). The number of benzene rings is 2. The zero-order valence-electron chi connectivity index (χ0n) is 15.8. The fraction of sp³-hybridized carbons (Fsp3) is 0.316. The van der Waals surface area contributed by atoms with E-state index < -0.39 is 22.0 Å². The van der Waals surface area contributed by atoms with Crippen molar-refractivity contribution in [2.75, 3.05) is 17.2 Å². The van der Waals surface area contributed by atoms with Gasteiger partial charge in [0, 0.05) is 11.6 Å². The maximum Gasteiger partial charge on any atom is 0.243 e. The van der Waals surface area contributed by atoms with Gasteiger partial charge < -0.3 is 10.1 Å². The third kappa shape index (κ3) is 5.77. The second kappa shape index (κ2) is 9.49. The fourth-order valence-electron chi connectivity index (χ4n) is 2.68. The van der Waals surface area contributed by atoms with Crippen molar-refractivity contribution in [1.29, 1.82) is 0 Å². The van der Waals surface area contributed by atoms with Gasteiger partial charge in [0.15, 0.2) is 0 Å². The number of carbonyl (C=O) groups is 1. The minimum Gasteiger partial charge on any atom is -0.494 e. The predicted octanol–water partition coefficient (Wildman–Crippen LogP) is 3.86. The molecule has 0 radical (unpaired) electrons. The molecule has 152 valence electrons. The number of halogens is 2. The quantitative estimate of drug-likeness (QED) is 0.670. The van der Waals surface area contributed by atoms with Crippen LogP contribution in [0, 0.1) is 0 Å². The van der Waals surface area contributed by atoms with E-state index in [4.69, 9.17) is 27.9 Å². The summed E-state index contributed by atoms with van der Waals surface area (Å²) in [6.45, 7) is 4.14. The minimum absolute atomic E-state index is 0.151.